The molecule has 3 N–H and O–H groups in total. The highest BCUT2D eigenvalue weighted by atomic mass is 19.1. The van der Waals surface area contributed by atoms with Crippen LogP contribution in [-0.4, -0.2) is 42.4 Å². The number of nitrogens with two attached hydrogens (primary N) is 1. The molecule has 8 heteroatoms. The van der Waals surface area contributed by atoms with Crippen LogP contribution in [-0.2, 0) is 0 Å². The zero-order valence-corrected chi connectivity index (χ0v) is 17.3. The Morgan fingerprint density at radius 1 is 1.22 bits per heavy atom. The number of β-amino-alcohol motifs (C(OH)–C–C–N with tert-alkyl or cyclic N) is 1. The van der Waals surface area contributed by atoms with Crippen LogP contribution in [0.5, 0.6) is 5.75 Å². The predicted molar refractivity (Wildman–Crippen MR) is 116 cm³/mol. The van der Waals surface area contributed by atoms with E-state index in [1.807, 2.05) is 4.90 Å². The van der Waals surface area contributed by atoms with Crippen molar-refractivity contribution < 1.29 is 18.6 Å². The summed E-state index contributed by atoms with van der Waals surface area (Å²) in [7, 11) is 1.38. The fourth-order valence-electron chi connectivity index (χ4n) is 3.73. The van der Waals surface area contributed by atoms with Crippen LogP contribution in [0.25, 0.3) is 22.4 Å². The van der Waals surface area contributed by atoms with Crippen molar-refractivity contribution in [3.8, 4) is 34.2 Å². The number of piperidine rings is 1. The van der Waals surface area contributed by atoms with E-state index >= 15 is 0 Å². The second-order valence-electron chi connectivity index (χ2n) is 7.60. The number of aromatic nitrogens is 1. The summed E-state index contributed by atoms with van der Waals surface area (Å²) in [5, 5.41) is 19.2. The first-order valence-electron chi connectivity index (χ1n) is 10.1. The lowest BCUT2D eigenvalue weighted by molar-refractivity contribution is 0.131. The van der Waals surface area contributed by atoms with Gasteiger partial charge in [0, 0.05) is 30.3 Å². The van der Waals surface area contributed by atoms with Gasteiger partial charge < -0.3 is 20.5 Å². The minimum absolute atomic E-state index is 0.0842. The highest BCUT2D eigenvalue weighted by Crippen LogP contribution is 2.35. The minimum atomic E-state index is -0.697. The van der Waals surface area contributed by atoms with Crippen LogP contribution in [0.3, 0.4) is 0 Å². The van der Waals surface area contributed by atoms with Crippen LogP contribution >= 0.6 is 0 Å². The number of nitrogens with zero attached hydrogens (tertiary/aromatic N) is 3. The highest BCUT2D eigenvalue weighted by molar-refractivity contribution is 5.82. The van der Waals surface area contributed by atoms with Gasteiger partial charge in [0.05, 0.1) is 24.5 Å². The lowest BCUT2D eigenvalue weighted by Gasteiger charge is -2.35. The standard InChI is InChI=1S/C24H21F2N4O2/c1-32-22-6-4-14(10-19(22)26)17-5-7-23(30-9-8-20(28)21(31)13-30)29-24(17)15-2-3-16(12-27)18(25)11-15/h2-4,6-7,10-11,20-21,31H,8-9,13,28H2,1H3. The molecule has 2 atom stereocenters. The molecule has 0 bridgehead atoms. The second kappa shape index (κ2) is 8.91. The Hall–Kier alpha value is -3.54. The number of ether oxygens (including phenoxy) is 1. The molecule has 1 saturated heterocycles. The number of pyridine rings is 1. The smallest absolute Gasteiger partial charge is 0.165 e. The molecule has 2 unspecified atom stereocenters. The van der Waals surface area contributed by atoms with Crippen molar-refractivity contribution in [1.82, 2.24) is 4.98 Å². The number of halogens is 2. The Bertz CT molecular complexity index is 1200. The Morgan fingerprint density at radius 2 is 1.97 bits per heavy atom. The number of rotatable bonds is 4. The van der Waals surface area contributed by atoms with E-state index in [1.165, 1.54) is 31.4 Å². The first-order chi connectivity index (χ1) is 15.4. The van der Waals surface area contributed by atoms with Crippen molar-refractivity contribution in [2.75, 3.05) is 25.1 Å². The largest absolute Gasteiger partial charge is 0.494 e. The molecule has 163 valence electrons. The van der Waals surface area contributed by atoms with Crippen molar-refractivity contribution in [1.29, 1.82) is 5.26 Å². The van der Waals surface area contributed by atoms with Crippen molar-refractivity contribution in [2.24, 2.45) is 5.73 Å². The predicted octanol–water partition coefficient (Wildman–Crippen LogP) is 3.27. The van der Waals surface area contributed by atoms with E-state index in [4.69, 9.17) is 20.7 Å². The van der Waals surface area contributed by atoms with Crippen molar-refractivity contribution >= 4 is 5.82 Å². The number of hydrogen-bond acceptors (Lipinski definition) is 6. The molecule has 0 saturated carbocycles. The number of methoxy groups -OCH3 is 1. The van der Waals surface area contributed by atoms with Crippen LogP contribution < -0.4 is 15.4 Å². The summed E-state index contributed by atoms with van der Waals surface area (Å²) in [6.45, 7) is 0.899. The first-order valence-corrected chi connectivity index (χ1v) is 10.1. The molecular weight excluding hydrogens is 414 g/mol. The summed E-state index contributed by atoms with van der Waals surface area (Å²) in [6.07, 6.45) is -0.105. The van der Waals surface area contributed by atoms with Crippen LogP contribution in [0, 0.1) is 29.0 Å². The maximum absolute atomic E-state index is 14.4. The van der Waals surface area contributed by atoms with Gasteiger partial charge in [-0.2, -0.15) is 5.26 Å². The second-order valence-corrected chi connectivity index (χ2v) is 7.60. The number of aliphatic hydroxyl groups is 1. The van der Waals surface area contributed by atoms with E-state index in [1.54, 1.807) is 24.3 Å². The number of aliphatic hydroxyl groups excluding tert-OH is 1. The van der Waals surface area contributed by atoms with Gasteiger partial charge in [-0.3, -0.25) is 0 Å². The summed E-state index contributed by atoms with van der Waals surface area (Å²) in [4.78, 5) is 6.59. The molecule has 1 aliphatic rings. The van der Waals surface area contributed by atoms with Crippen LogP contribution in [0.2, 0.25) is 0 Å². The highest BCUT2D eigenvalue weighted by Gasteiger charge is 2.26. The molecule has 2 aromatic carbocycles. The zero-order chi connectivity index (χ0) is 22.8. The van der Waals surface area contributed by atoms with Gasteiger partial charge in [0.25, 0.3) is 0 Å². The third kappa shape index (κ3) is 4.13. The van der Waals surface area contributed by atoms with E-state index in [9.17, 15) is 13.9 Å². The number of benzene rings is 2. The van der Waals surface area contributed by atoms with Crippen LogP contribution in [0.4, 0.5) is 14.6 Å². The normalized spacial score (nSPS) is 18.3. The first kappa shape index (κ1) is 21.7. The lowest BCUT2D eigenvalue weighted by Crippen LogP contribution is -2.50. The fraction of sp³-hybridized carbons (Fsp3) is 0.250. The molecular formula is C24H21F2N4O2. The topological polar surface area (TPSA) is 95.4 Å². The molecule has 1 aliphatic heterocycles. The van der Waals surface area contributed by atoms with Gasteiger partial charge in [0.2, 0.25) is 0 Å². The van der Waals surface area contributed by atoms with Crippen molar-refractivity contribution in [2.45, 2.75) is 18.6 Å². The van der Waals surface area contributed by atoms with Gasteiger partial charge >= 0.3 is 0 Å². The van der Waals surface area contributed by atoms with E-state index in [0.717, 1.165) is 0 Å². The molecule has 3 aromatic rings. The molecule has 6 nitrogen and oxygen atoms in total. The fourth-order valence-corrected chi connectivity index (χ4v) is 3.73. The van der Waals surface area contributed by atoms with Gasteiger partial charge in [-0.15, -0.1) is 0 Å². The van der Waals surface area contributed by atoms with E-state index in [2.05, 4.69) is 6.07 Å². The molecule has 32 heavy (non-hydrogen) atoms. The summed E-state index contributed by atoms with van der Waals surface area (Å²) in [6, 6.07) is 15.0. The minimum Gasteiger partial charge on any atom is -0.494 e. The molecule has 1 radical (unpaired) electrons. The van der Waals surface area contributed by atoms with Gasteiger partial charge in [0.15, 0.2) is 11.6 Å². The number of nitriles is 1. The molecule has 0 aliphatic carbocycles. The zero-order valence-electron chi connectivity index (χ0n) is 17.3. The monoisotopic (exact) mass is 435 g/mol. The number of anilines is 1. The molecule has 4 rings (SSSR count). The maximum Gasteiger partial charge on any atom is 0.165 e. The molecule has 0 spiro atoms. The van der Waals surface area contributed by atoms with E-state index in [0.29, 0.717) is 47.7 Å². The summed E-state index contributed by atoms with van der Waals surface area (Å²) in [5.74, 6) is -0.590. The summed E-state index contributed by atoms with van der Waals surface area (Å²) >= 11 is 0. The molecule has 2 heterocycles. The molecule has 1 aromatic heterocycles. The maximum atomic E-state index is 14.4. The van der Waals surface area contributed by atoms with Crippen LogP contribution in [0.1, 0.15) is 12.0 Å². The summed E-state index contributed by atoms with van der Waals surface area (Å²) < 4.78 is 33.8. The quantitative estimate of drug-likeness (QED) is 0.653. The lowest BCUT2D eigenvalue weighted by atomic mass is 9.97. The molecule has 0 amide bonds. The van der Waals surface area contributed by atoms with Gasteiger partial charge in [0.1, 0.15) is 17.7 Å². The Labute approximate surface area is 184 Å². The SMILES string of the molecule is COc1ccc(-c2[c]cc(N3CCC(N)C(O)C3)nc2-c2ccc(C#N)c(F)c2)cc1F. The summed E-state index contributed by atoms with van der Waals surface area (Å²) in [5.41, 5.74) is 7.57. The Balaban J connectivity index is 1.83. The Morgan fingerprint density at radius 3 is 2.62 bits per heavy atom. The number of hydrogen-bond donors (Lipinski definition) is 2. The van der Waals surface area contributed by atoms with Crippen molar-refractivity contribution in [3.63, 3.8) is 0 Å². The van der Waals surface area contributed by atoms with E-state index < -0.39 is 17.7 Å². The van der Waals surface area contributed by atoms with Gasteiger partial charge in [-0.1, -0.05) is 12.1 Å². The van der Waals surface area contributed by atoms with E-state index in [-0.39, 0.29) is 17.4 Å². The van der Waals surface area contributed by atoms with Gasteiger partial charge in [-0.25, -0.2) is 13.8 Å². The van der Waals surface area contributed by atoms with Crippen LogP contribution in [0.15, 0.2) is 42.5 Å². The molecule has 1 fully saturated rings. The Kier molecular flexibility index (Phi) is 6.04. The van der Waals surface area contributed by atoms with Crippen molar-refractivity contribution in [3.05, 3.63) is 65.7 Å². The third-order valence-corrected chi connectivity index (χ3v) is 5.57. The van der Waals surface area contributed by atoms with Gasteiger partial charge in [-0.05, 0) is 48.4 Å². The third-order valence-electron chi connectivity index (χ3n) is 5.57. The average Bonchev–Trinajstić information content (AvgIpc) is 2.80. The average molecular weight is 435 g/mol.